The summed E-state index contributed by atoms with van der Waals surface area (Å²) in [5.41, 5.74) is -0.771. The van der Waals surface area contributed by atoms with Crippen LogP contribution < -0.4 is 10.1 Å². The summed E-state index contributed by atoms with van der Waals surface area (Å²) in [5.74, 6) is -2.46. The van der Waals surface area contributed by atoms with Crippen molar-refractivity contribution in [3.8, 4) is 5.75 Å². The molecular weight excluding hydrogens is 265 g/mol. The van der Waals surface area contributed by atoms with Gasteiger partial charge in [-0.2, -0.15) is 0 Å². The number of aromatic carboxylic acids is 1. The van der Waals surface area contributed by atoms with Crippen LogP contribution in [0.3, 0.4) is 0 Å². The maximum Gasteiger partial charge on any atom is 0.338 e. The highest BCUT2D eigenvalue weighted by molar-refractivity contribution is 5.88. The molecule has 6 heteroatoms. The summed E-state index contributed by atoms with van der Waals surface area (Å²) in [4.78, 5) is 22.3. The first kappa shape index (κ1) is 15.9. The van der Waals surface area contributed by atoms with Gasteiger partial charge >= 0.3 is 5.97 Å². The van der Waals surface area contributed by atoms with Crippen LogP contribution in [0.5, 0.6) is 5.75 Å². The van der Waals surface area contributed by atoms with Crippen molar-refractivity contribution in [2.24, 2.45) is 0 Å². The number of halogens is 1. The Bertz CT molecular complexity index is 514. The summed E-state index contributed by atoms with van der Waals surface area (Å²) in [6, 6.07) is 3.35. The fourth-order valence-corrected chi connectivity index (χ4v) is 1.41. The lowest BCUT2D eigenvalue weighted by molar-refractivity contribution is -0.124. The largest absolute Gasteiger partial charge is 0.484 e. The number of carboxylic acid groups (broad SMARTS) is 1. The number of ether oxygens (including phenoxy) is 1. The van der Waals surface area contributed by atoms with Crippen molar-refractivity contribution in [3.63, 3.8) is 0 Å². The number of benzene rings is 1. The molecule has 0 aromatic heterocycles. The van der Waals surface area contributed by atoms with Gasteiger partial charge in [-0.15, -0.1) is 0 Å². The highest BCUT2D eigenvalue weighted by Crippen LogP contribution is 2.16. The molecule has 0 aliphatic carbocycles. The van der Waals surface area contributed by atoms with Crippen molar-refractivity contribution >= 4 is 11.9 Å². The zero-order chi connectivity index (χ0) is 15.3. The van der Waals surface area contributed by atoms with Gasteiger partial charge in [-0.1, -0.05) is 6.92 Å². The van der Waals surface area contributed by atoms with E-state index in [-0.39, 0.29) is 23.8 Å². The summed E-state index contributed by atoms with van der Waals surface area (Å²) in [6.45, 7) is 5.45. The minimum atomic E-state index is -1.35. The molecule has 0 saturated carbocycles. The fourth-order valence-electron chi connectivity index (χ4n) is 1.41. The van der Waals surface area contributed by atoms with Gasteiger partial charge in [0.2, 0.25) is 0 Å². The summed E-state index contributed by atoms with van der Waals surface area (Å²) >= 11 is 0. The molecule has 1 rings (SSSR count). The number of amides is 1. The Labute approximate surface area is 116 Å². The van der Waals surface area contributed by atoms with Crippen LogP contribution in [0.25, 0.3) is 0 Å². The lowest BCUT2D eigenvalue weighted by Gasteiger charge is -2.24. The second-order valence-corrected chi connectivity index (χ2v) is 5.02. The molecule has 0 atom stereocenters. The van der Waals surface area contributed by atoms with Crippen LogP contribution in [0.4, 0.5) is 4.39 Å². The first-order valence-electron chi connectivity index (χ1n) is 6.22. The van der Waals surface area contributed by atoms with Gasteiger partial charge in [0.1, 0.15) is 11.6 Å². The van der Waals surface area contributed by atoms with Crippen LogP contribution in [0.2, 0.25) is 0 Å². The number of carboxylic acids is 1. The van der Waals surface area contributed by atoms with Crippen molar-refractivity contribution in [1.29, 1.82) is 0 Å². The molecule has 0 radical (unpaired) electrons. The third kappa shape index (κ3) is 4.53. The predicted octanol–water partition coefficient (Wildman–Crippen LogP) is 2.21. The van der Waals surface area contributed by atoms with E-state index < -0.39 is 17.3 Å². The number of rotatable bonds is 6. The van der Waals surface area contributed by atoms with E-state index in [0.717, 1.165) is 18.6 Å². The van der Waals surface area contributed by atoms with Crippen molar-refractivity contribution in [2.45, 2.75) is 32.7 Å². The van der Waals surface area contributed by atoms with Gasteiger partial charge in [0.25, 0.3) is 5.91 Å². The Hall–Kier alpha value is -2.11. The molecule has 0 bridgehead atoms. The molecule has 0 aliphatic rings. The van der Waals surface area contributed by atoms with Crippen LogP contribution in [0, 0.1) is 5.82 Å². The summed E-state index contributed by atoms with van der Waals surface area (Å²) in [7, 11) is 0. The molecule has 0 spiro atoms. The van der Waals surface area contributed by atoms with E-state index in [2.05, 4.69) is 5.32 Å². The minimum absolute atomic E-state index is 0.108. The van der Waals surface area contributed by atoms with Crippen molar-refractivity contribution < 1.29 is 23.8 Å². The van der Waals surface area contributed by atoms with Crippen LogP contribution in [0.15, 0.2) is 18.2 Å². The SMILES string of the molecule is CCC(C)(C)NC(=O)COc1ccc(C(=O)O)c(F)c1. The smallest absolute Gasteiger partial charge is 0.338 e. The molecule has 0 aliphatic heterocycles. The van der Waals surface area contributed by atoms with E-state index in [1.807, 2.05) is 20.8 Å². The number of carbonyl (C=O) groups excluding carboxylic acids is 1. The highest BCUT2D eigenvalue weighted by atomic mass is 19.1. The molecular formula is C14H18FNO4. The molecule has 0 saturated heterocycles. The molecule has 0 heterocycles. The molecule has 110 valence electrons. The molecule has 1 aromatic rings. The van der Waals surface area contributed by atoms with Crippen molar-refractivity contribution in [3.05, 3.63) is 29.6 Å². The maximum absolute atomic E-state index is 13.4. The van der Waals surface area contributed by atoms with E-state index in [0.29, 0.717) is 0 Å². The molecule has 1 amide bonds. The van der Waals surface area contributed by atoms with E-state index in [4.69, 9.17) is 9.84 Å². The topological polar surface area (TPSA) is 75.6 Å². The Morgan fingerprint density at radius 3 is 2.55 bits per heavy atom. The molecule has 0 unspecified atom stereocenters. The lowest BCUT2D eigenvalue weighted by Crippen LogP contribution is -2.44. The Morgan fingerprint density at radius 2 is 2.05 bits per heavy atom. The monoisotopic (exact) mass is 283 g/mol. The number of carbonyl (C=O) groups is 2. The lowest BCUT2D eigenvalue weighted by atomic mass is 10.0. The standard InChI is InChI=1S/C14H18FNO4/c1-4-14(2,3)16-12(17)8-20-9-5-6-10(13(18)19)11(15)7-9/h5-7H,4,8H2,1-3H3,(H,16,17)(H,18,19). The average Bonchev–Trinajstić information content (AvgIpc) is 2.35. The van der Waals surface area contributed by atoms with Gasteiger partial charge in [-0.05, 0) is 32.4 Å². The predicted molar refractivity (Wildman–Crippen MR) is 71.4 cm³/mol. The zero-order valence-electron chi connectivity index (χ0n) is 11.7. The van der Waals surface area contributed by atoms with Crippen LogP contribution in [-0.2, 0) is 4.79 Å². The van der Waals surface area contributed by atoms with Gasteiger partial charge in [0.05, 0.1) is 5.56 Å². The number of hydrogen-bond donors (Lipinski definition) is 2. The molecule has 1 aromatic carbocycles. The molecule has 20 heavy (non-hydrogen) atoms. The highest BCUT2D eigenvalue weighted by Gasteiger charge is 2.18. The Morgan fingerprint density at radius 1 is 1.40 bits per heavy atom. The van der Waals surface area contributed by atoms with Gasteiger partial charge in [0, 0.05) is 11.6 Å². The third-order valence-corrected chi connectivity index (χ3v) is 2.90. The minimum Gasteiger partial charge on any atom is -0.484 e. The Balaban J connectivity index is 2.60. The molecule has 5 nitrogen and oxygen atoms in total. The maximum atomic E-state index is 13.4. The van der Waals surface area contributed by atoms with Gasteiger partial charge in [-0.3, -0.25) is 4.79 Å². The number of hydrogen-bond acceptors (Lipinski definition) is 3. The van der Waals surface area contributed by atoms with E-state index in [1.165, 1.54) is 6.07 Å². The third-order valence-electron chi connectivity index (χ3n) is 2.90. The average molecular weight is 283 g/mol. The summed E-state index contributed by atoms with van der Waals surface area (Å²) < 4.78 is 18.5. The van der Waals surface area contributed by atoms with Gasteiger partial charge < -0.3 is 15.2 Å². The number of nitrogens with one attached hydrogen (secondary N) is 1. The van der Waals surface area contributed by atoms with Crippen LogP contribution in [-0.4, -0.2) is 29.1 Å². The summed E-state index contributed by atoms with van der Waals surface area (Å²) in [5, 5.41) is 11.5. The van der Waals surface area contributed by atoms with Gasteiger partial charge in [-0.25, -0.2) is 9.18 Å². The molecule has 0 fully saturated rings. The van der Waals surface area contributed by atoms with Crippen LogP contribution in [0.1, 0.15) is 37.6 Å². The first-order valence-corrected chi connectivity index (χ1v) is 6.22. The van der Waals surface area contributed by atoms with Crippen molar-refractivity contribution in [2.75, 3.05) is 6.61 Å². The fraction of sp³-hybridized carbons (Fsp3) is 0.429. The van der Waals surface area contributed by atoms with Gasteiger partial charge in [0.15, 0.2) is 6.61 Å². The van der Waals surface area contributed by atoms with E-state index in [1.54, 1.807) is 0 Å². The van der Waals surface area contributed by atoms with E-state index >= 15 is 0 Å². The van der Waals surface area contributed by atoms with E-state index in [9.17, 15) is 14.0 Å². The Kier molecular flexibility index (Phi) is 5.07. The summed E-state index contributed by atoms with van der Waals surface area (Å²) in [6.07, 6.45) is 0.765. The quantitative estimate of drug-likeness (QED) is 0.839. The zero-order valence-corrected chi connectivity index (χ0v) is 11.7. The normalized spacial score (nSPS) is 11.0. The molecule has 2 N–H and O–H groups in total. The first-order chi connectivity index (χ1) is 9.25. The second-order valence-electron chi connectivity index (χ2n) is 5.02. The van der Waals surface area contributed by atoms with Crippen LogP contribution >= 0.6 is 0 Å². The second kappa shape index (κ2) is 6.36. The van der Waals surface area contributed by atoms with Crippen molar-refractivity contribution in [1.82, 2.24) is 5.32 Å².